The average molecular weight is 334 g/mol. The van der Waals surface area contributed by atoms with Crippen molar-refractivity contribution in [1.29, 1.82) is 0 Å². The fraction of sp³-hybridized carbons (Fsp3) is 0.444. The molecule has 0 N–H and O–H groups in total. The number of hydrogen-bond donors (Lipinski definition) is 0. The molecule has 5 heteroatoms. The fourth-order valence-corrected chi connectivity index (χ4v) is 3.23. The van der Waals surface area contributed by atoms with Crippen LogP contribution in [0, 0.1) is 5.82 Å². The highest BCUT2D eigenvalue weighted by atomic mass is 32.2. The van der Waals surface area contributed by atoms with Gasteiger partial charge in [-0.25, -0.2) is 4.39 Å². The van der Waals surface area contributed by atoms with Gasteiger partial charge in [-0.05, 0) is 36.7 Å². The van der Waals surface area contributed by atoms with Gasteiger partial charge < -0.3 is 0 Å². The van der Waals surface area contributed by atoms with Gasteiger partial charge in [0.15, 0.2) is 5.17 Å². The normalized spacial score (nSPS) is 18.4. The molecule has 1 fully saturated rings. The molecule has 23 heavy (non-hydrogen) atoms. The molecule has 0 radical (unpaired) electrons. The number of carbonyl (C=O) groups excluding carboxylic acids is 1. The van der Waals surface area contributed by atoms with E-state index in [1.54, 1.807) is 29.2 Å². The van der Waals surface area contributed by atoms with E-state index in [2.05, 4.69) is 18.8 Å². The molecule has 1 saturated heterocycles. The average Bonchev–Trinajstić information content (AvgIpc) is 2.83. The van der Waals surface area contributed by atoms with Crippen LogP contribution in [0.25, 0.3) is 6.08 Å². The Labute approximate surface area is 141 Å². The van der Waals surface area contributed by atoms with Gasteiger partial charge in [-0.15, -0.1) is 0 Å². The monoisotopic (exact) mass is 334 g/mol. The molecule has 0 spiro atoms. The quantitative estimate of drug-likeness (QED) is 0.535. The molecule has 0 bridgehead atoms. The summed E-state index contributed by atoms with van der Waals surface area (Å²) in [5, 5.41) is 0.750. The maximum atomic E-state index is 13.8. The predicted octanol–water partition coefficient (Wildman–Crippen LogP) is 4.70. The van der Waals surface area contributed by atoms with E-state index in [1.807, 2.05) is 0 Å². The van der Waals surface area contributed by atoms with Gasteiger partial charge >= 0.3 is 0 Å². The van der Waals surface area contributed by atoms with Crippen molar-refractivity contribution in [3.63, 3.8) is 0 Å². The predicted molar refractivity (Wildman–Crippen MR) is 95.8 cm³/mol. The summed E-state index contributed by atoms with van der Waals surface area (Å²) >= 11 is 1.35. The van der Waals surface area contributed by atoms with Gasteiger partial charge in [0.25, 0.3) is 5.91 Å². The second-order valence-corrected chi connectivity index (χ2v) is 6.47. The lowest BCUT2D eigenvalue weighted by molar-refractivity contribution is -0.122. The van der Waals surface area contributed by atoms with Gasteiger partial charge in [0.2, 0.25) is 0 Å². The number of thioether (sulfide) groups is 1. The van der Waals surface area contributed by atoms with E-state index in [-0.39, 0.29) is 11.7 Å². The van der Waals surface area contributed by atoms with Gasteiger partial charge in [0, 0.05) is 18.7 Å². The van der Waals surface area contributed by atoms with Crippen molar-refractivity contribution in [2.45, 2.75) is 39.5 Å². The van der Waals surface area contributed by atoms with Crippen molar-refractivity contribution in [1.82, 2.24) is 4.90 Å². The second kappa shape index (κ2) is 8.87. The van der Waals surface area contributed by atoms with E-state index in [1.165, 1.54) is 17.8 Å². The van der Waals surface area contributed by atoms with Crippen LogP contribution >= 0.6 is 11.8 Å². The van der Waals surface area contributed by atoms with E-state index in [0.29, 0.717) is 17.0 Å². The van der Waals surface area contributed by atoms with E-state index in [4.69, 9.17) is 0 Å². The Hall–Kier alpha value is -1.62. The number of halogens is 1. The van der Waals surface area contributed by atoms with Gasteiger partial charge in [-0.3, -0.25) is 14.7 Å². The summed E-state index contributed by atoms with van der Waals surface area (Å²) in [4.78, 5) is 19.4. The minimum Gasteiger partial charge on any atom is -0.287 e. The highest BCUT2D eigenvalue weighted by Gasteiger charge is 2.32. The van der Waals surface area contributed by atoms with E-state index >= 15 is 0 Å². The Balaban J connectivity index is 2.23. The maximum Gasteiger partial charge on any atom is 0.266 e. The van der Waals surface area contributed by atoms with Crippen LogP contribution < -0.4 is 0 Å². The van der Waals surface area contributed by atoms with Gasteiger partial charge in [-0.2, -0.15) is 0 Å². The van der Waals surface area contributed by atoms with Crippen LogP contribution in [0.15, 0.2) is 34.2 Å². The molecule has 124 valence electrons. The third-order valence-corrected chi connectivity index (χ3v) is 4.62. The third kappa shape index (κ3) is 4.67. The topological polar surface area (TPSA) is 32.7 Å². The van der Waals surface area contributed by atoms with Gasteiger partial charge in [0.1, 0.15) is 5.82 Å². The number of amides is 1. The first kappa shape index (κ1) is 17.7. The Bertz CT molecular complexity index is 613. The molecule has 3 nitrogen and oxygen atoms in total. The van der Waals surface area contributed by atoms with Crippen LogP contribution in [-0.2, 0) is 4.79 Å². The van der Waals surface area contributed by atoms with Crippen LogP contribution in [0.1, 0.15) is 45.1 Å². The zero-order chi connectivity index (χ0) is 16.7. The molecular weight excluding hydrogens is 311 g/mol. The van der Waals surface area contributed by atoms with Crippen molar-refractivity contribution < 1.29 is 9.18 Å². The highest BCUT2D eigenvalue weighted by molar-refractivity contribution is 8.18. The Morgan fingerprint density at radius 1 is 1.22 bits per heavy atom. The summed E-state index contributed by atoms with van der Waals surface area (Å²) in [5.41, 5.74) is 0.439. The largest absolute Gasteiger partial charge is 0.287 e. The number of benzene rings is 1. The molecule has 0 unspecified atom stereocenters. The number of rotatable bonds is 7. The van der Waals surface area contributed by atoms with Crippen molar-refractivity contribution in [2.24, 2.45) is 4.99 Å². The Kier molecular flexibility index (Phi) is 6.84. The SMILES string of the molecule is CCCCN=C1S/C(=C\c2ccccc2F)C(=O)N1CCCC. The minimum atomic E-state index is -0.315. The van der Waals surface area contributed by atoms with Crippen molar-refractivity contribution in [2.75, 3.05) is 13.1 Å². The molecule has 0 saturated carbocycles. The van der Waals surface area contributed by atoms with E-state index in [0.717, 1.165) is 37.4 Å². The fourth-order valence-electron chi connectivity index (χ4n) is 2.21. The zero-order valence-electron chi connectivity index (χ0n) is 13.7. The standard InChI is InChI=1S/C18H23FN2OS/c1-3-5-11-20-18-21(12-6-4-2)17(22)16(23-18)13-14-9-7-8-10-15(14)19/h7-10,13H,3-6,11-12H2,1-2H3/b16-13-,20-18?. The summed E-state index contributed by atoms with van der Waals surface area (Å²) in [5.74, 6) is -0.383. The van der Waals surface area contributed by atoms with E-state index < -0.39 is 0 Å². The number of amidine groups is 1. The van der Waals surface area contributed by atoms with Crippen LogP contribution in [0.2, 0.25) is 0 Å². The first-order valence-corrected chi connectivity index (χ1v) is 8.99. The van der Waals surface area contributed by atoms with Crippen LogP contribution in [0.4, 0.5) is 4.39 Å². The summed E-state index contributed by atoms with van der Waals surface area (Å²) in [7, 11) is 0. The van der Waals surface area contributed by atoms with Crippen LogP contribution in [-0.4, -0.2) is 29.1 Å². The van der Waals surface area contributed by atoms with Crippen molar-refractivity contribution in [3.05, 3.63) is 40.6 Å². The molecule has 2 rings (SSSR count). The molecule has 1 aliphatic heterocycles. The minimum absolute atomic E-state index is 0.0676. The number of carbonyl (C=O) groups is 1. The van der Waals surface area contributed by atoms with Crippen LogP contribution in [0.3, 0.4) is 0 Å². The van der Waals surface area contributed by atoms with Crippen molar-refractivity contribution in [3.8, 4) is 0 Å². The van der Waals surface area contributed by atoms with Gasteiger partial charge in [-0.1, -0.05) is 44.9 Å². The zero-order valence-corrected chi connectivity index (χ0v) is 14.5. The Morgan fingerprint density at radius 2 is 1.96 bits per heavy atom. The number of aliphatic imine (C=N–C) groups is 1. The molecule has 0 atom stereocenters. The lowest BCUT2D eigenvalue weighted by Gasteiger charge is -2.14. The first-order valence-electron chi connectivity index (χ1n) is 8.17. The lowest BCUT2D eigenvalue weighted by Crippen LogP contribution is -2.30. The summed E-state index contributed by atoms with van der Waals surface area (Å²) in [6.45, 7) is 5.60. The molecule has 1 aromatic rings. The molecular formula is C18H23FN2OS. The van der Waals surface area contributed by atoms with Crippen LogP contribution in [0.5, 0.6) is 0 Å². The number of unbranched alkanes of at least 4 members (excludes halogenated alkanes) is 2. The van der Waals surface area contributed by atoms with Crippen molar-refractivity contribution >= 4 is 28.9 Å². The number of hydrogen-bond acceptors (Lipinski definition) is 3. The first-order chi connectivity index (χ1) is 11.2. The molecule has 0 aromatic heterocycles. The second-order valence-electron chi connectivity index (χ2n) is 5.46. The molecule has 1 heterocycles. The maximum absolute atomic E-state index is 13.8. The summed E-state index contributed by atoms with van der Waals surface area (Å²) in [6.07, 6.45) is 5.66. The summed E-state index contributed by atoms with van der Waals surface area (Å²) < 4.78 is 13.8. The third-order valence-electron chi connectivity index (χ3n) is 3.57. The number of nitrogens with zero attached hydrogens (tertiary/aromatic N) is 2. The Morgan fingerprint density at radius 3 is 2.65 bits per heavy atom. The highest BCUT2D eigenvalue weighted by Crippen LogP contribution is 2.33. The van der Waals surface area contributed by atoms with E-state index in [9.17, 15) is 9.18 Å². The molecule has 0 aliphatic carbocycles. The van der Waals surface area contributed by atoms with Gasteiger partial charge in [0.05, 0.1) is 4.91 Å². The summed E-state index contributed by atoms with van der Waals surface area (Å²) in [6, 6.07) is 6.50. The molecule has 1 amide bonds. The molecule has 1 aliphatic rings. The lowest BCUT2D eigenvalue weighted by atomic mass is 10.2. The smallest absolute Gasteiger partial charge is 0.266 e. The molecule has 1 aromatic carbocycles.